The van der Waals surface area contributed by atoms with E-state index in [1.165, 1.54) is 18.2 Å². The monoisotopic (exact) mass is 493 g/mol. The van der Waals surface area contributed by atoms with Gasteiger partial charge in [-0.05, 0) is 47.5 Å². The van der Waals surface area contributed by atoms with Gasteiger partial charge in [-0.3, -0.25) is 0 Å². The van der Waals surface area contributed by atoms with Gasteiger partial charge in [0.1, 0.15) is 11.5 Å². The quantitative estimate of drug-likeness (QED) is 0.259. The highest BCUT2D eigenvalue weighted by Crippen LogP contribution is 2.34. The lowest BCUT2D eigenvalue weighted by molar-refractivity contribution is -0.274. The molecule has 1 N–H and O–H groups in total. The average molecular weight is 494 g/mol. The maximum atomic E-state index is 12.8. The van der Waals surface area contributed by atoms with E-state index < -0.39 is 12.5 Å². The third kappa shape index (κ3) is 7.52. The van der Waals surface area contributed by atoms with E-state index in [0.717, 1.165) is 5.56 Å². The van der Waals surface area contributed by atoms with Crippen molar-refractivity contribution in [2.75, 3.05) is 11.4 Å². The molecule has 0 amide bonds. The molecule has 0 saturated carbocycles. The van der Waals surface area contributed by atoms with Gasteiger partial charge in [-0.25, -0.2) is 0 Å². The highest BCUT2D eigenvalue weighted by Gasteiger charge is 2.31. The lowest BCUT2D eigenvalue weighted by Gasteiger charge is -2.29. The maximum absolute atomic E-state index is 12.8. The smallest absolute Gasteiger partial charge is 0.455 e. The van der Waals surface area contributed by atoms with Crippen LogP contribution in [0, 0.1) is 0 Å². The summed E-state index contributed by atoms with van der Waals surface area (Å²) < 4.78 is 48.5. The molecule has 0 heterocycles. The van der Waals surface area contributed by atoms with E-state index in [1.54, 1.807) is 6.07 Å². The molecule has 0 saturated heterocycles. The number of halogens is 3. The molecule has 0 aliphatic heterocycles. The topological polar surface area (TPSA) is 41.9 Å². The molecule has 36 heavy (non-hydrogen) atoms. The molecule has 4 aromatic rings. The number of benzene rings is 4. The van der Waals surface area contributed by atoms with Crippen LogP contribution in [-0.4, -0.2) is 24.1 Å². The number of hydrogen-bond donors (Lipinski definition) is 1. The van der Waals surface area contributed by atoms with Gasteiger partial charge in [0.2, 0.25) is 0 Å². The minimum absolute atomic E-state index is 0.231. The number of rotatable bonds is 10. The van der Waals surface area contributed by atoms with E-state index >= 15 is 0 Å². The van der Waals surface area contributed by atoms with Crippen LogP contribution >= 0.6 is 0 Å². The molecule has 0 aromatic heterocycles. The molecule has 0 spiro atoms. The van der Waals surface area contributed by atoms with E-state index in [9.17, 15) is 18.3 Å². The van der Waals surface area contributed by atoms with Crippen LogP contribution < -0.4 is 14.4 Å². The van der Waals surface area contributed by atoms with Crippen molar-refractivity contribution in [2.45, 2.75) is 25.4 Å². The molecule has 0 radical (unpaired) electrons. The lowest BCUT2D eigenvalue weighted by Crippen LogP contribution is -2.33. The summed E-state index contributed by atoms with van der Waals surface area (Å²) in [5.41, 5.74) is 2.29. The van der Waals surface area contributed by atoms with Gasteiger partial charge < -0.3 is 19.5 Å². The molecule has 0 aliphatic rings. The van der Waals surface area contributed by atoms with Gasteiger partial charge in [0, 0.05) is 19.5 Å². The standard InChI is InChI=1S/C29H26F3NO3/c30-29(31,32)36-26-15-9-12-23(19-26)20-33(21-24(34)18-22-10-3-1-4-11-22)27-16-7-8-17-28(27)35-25-13-5-2-6-14-25/h1-17,19,24,34H,18,20-21H2. The van der Waals surface area contributed by atoms with Gasteiger partial charge in [-0.1, -0.05) is 72.8 Å². The van der Waals surface area contributed by atoms with Crippen LogP contribution in [0.1, 0.15) is 11.1 Å². The molecule has 4 nitrogen and oxygen atoms in total. The first-order valence-corrected chi connectivity index (χ1v) is 11.5. The van der Waals surface area contributed by atoms with Gasteiger partial charge in [0.15, 0.2) is 5.75 Å². The Labute approximate surface area is 208 Å². The zero-order valence-corrected chi connectivity index (χ0v) is 19.4. The van der Waals surface area contributed by atoms with Crippen LogP contribution in [0.5, 0.6) is 17.2 Å². The molecule has 7 heteroatoms. The molecule has 4 aromatic carbocycles. The average Bonchev–Trinajstić information content (AvgIpc) is 2.84. The fourth-order valence-electron chi connectivity index (χ4n) is 3.93. The number of aliphatic hydroxyl groups is 1. The molecule has 1 unspecified atom stereocenters. The second-order valence-corrected chi connectivity index (χ2v) is 8.30. The Morgan fingerprint density at radius 1 is 0.722 bits per heavy atom. The Balaban J connectivity index is 1.62. The van der Waals surface area contributed by atoms with Crippen LogP contribution in [-0.2, 0) is 13.0 Å². The minimum Gasteiger partial charge on any atom is -0.455 e. The summed E-state index contributed by atoms with van der Waals surface area (Å²) in [6, 6.07) is 32.2. The molecule has 186 valence electrons. The van der Waals surface area contributed by atoms with E-state index in [0.29, 0.717) is 29.2 Å². The third-order valence-electron chi connectivity index (χ3n) is 5.43. The van der Waals surface area contributed by atoms with Crippen LogP contribution in [0.25, 0.3) is 0 Å². The fraction of sp³-hybridized carbons (Fsp3) is 0.172. The minimum atomic E-state index is -4.78. The molecule has 0 bridgehead atoms. The zero-order chi connectivity index (χ0) is 25.4. The van der Waals surface area contributed by atoms with Gasteiger partial charge in [-0.15, -0.1) is 13.2 Å². The maximum Gasteiger partial charge on any atom is 0.573 e. The zero-order valence-electron chi connectivity index (χ0n) is 19.4. The number of nitrogens with zero attached hydrogens (tertiary/aromatic N) is 1. The molecule has 0 aliphatic carbocycles. The van der Waals surface area contributed by atoms with Crippen LogP contribution in [0.2, 0.25) is 0 Å². The highest BCUT2D eigenvalue weighted by atomic mass is 19.4. The van der Waals surface area contributed by atoms with Gasteiger partial charge in [-0.2, -0.15) is 0 Å². The number of aliphatic hydroxyl groups excluding tert-OH is 1. The summed E-state index contributed by atoms with van der Waals surface area (Å²) >= 11 is 0. The largest absolute Gasteiger partial charge is 0.573 e. The first-order valence-electron chi connectivity index (χ1n) is 11.5. The summed E-state index contributed by atoms with van der Waals surface area (Å²) in [6.45, 7) is 0.463. The van der Waals surface area contributed by atoms with E-state index in [2.05, 4.69) is 4.74 Å². The van der Waals surface area contributed by atoms with Crippen molar-refractivity contribution in [2.24, 2.45) is 0 Å². The Hall–Kier alpha value is -3.97. The number of ether oxygens (including phenoxy) is 2. The molecular weight excluding hydrogens is 467 g/mol. The van der Waals surface area contributed by atoms with Crippen molar-refractivity contribution < 1.29 is 27.8 Å². The van der Waals surface area contributed by atoms with Crippen molar-refractivity contribution in [1.29, 1.82) is 0 Å². The van der Waals surface area contributed by atoms with Gasteiger partial charge >= 0.3 is 6.36 Å². The van der Waals surface area contributed by atoms with Crippen molar-refractivity contribution in [3.8, 4) is 17.2 Å². The Morgan fingerprint density at radius 3 is 2.06 bits per heavy atom. The Bertz CT molecular complexity index is 1230. The summed E-state index contributed by atoms with van der Waals surface area (Å²) in [4.78, 5) is 1.90. The van der Waals surface area contributed by atoms with Crippen molar-refractivity contribution >= 4 is 5.69 Å². The van der Waals surface area contributed by atoms with Crippen LogP contribution in [0.15, 0.2) is 109 Å². The Kier molecular flexibility index (Phi) is 8.13. The summed E-state index contributed by atoms with van der Waals surface area (Å²) in [7, 11) is 0. The first-order chi connectivity index (χ1) is 17.4. The summed E-state index contributed by atoms with van der Waals surface area (Å²) in [6.07, 6.45) is -5.08. The lowest BCUT2D eigenvalue weighted by atomic mass is 10.1. The first kappa shape index (κ1) is 25.1. The normalized spacial score (nSPS) is 12.1. The second-order valence-electron chi connectivity index (χ2n) is 8.30. The Morgan fingerprint density at radius 2 is 1.33 bits per heavy atom. The van der Waals surface area contributed by atoms with Crippen molar-refractivity contribution in [1.82, 2.24) is 0 Å². The number of alkyl halides is 3. The van der Waals surface area contributed by atoms with E-state index in [-0.39, 0.29) is 18.8 Å². The van der Waals surface area contributed by atoms with Gasteiger partial charge in [0.05, 0.1) is 11.8 Å². The number of anilines is 1. The van der Waals surface area contributed by atoms with Crippen LogP contribution in [0.4, 0.5) is 18.9 Å². The van der Waals surface area contributed by atoms with Crippen molar-refractivity contribution in [3.05, 3.63) is 120 Å². The van der Waals surface area contributed by atoms with Crippen LogP contribution in [0.3, 0.4) is 0 Å². The summed E-state index contributed by atoms with van der Waals surface area (Å²) in [5.74, 6) is 0.923. The predicted octanol–water partition coefficient (Wildman–Crippen LogP) is 6.99. The van der Waals surface area contributed by atoms with E-state index in [1.807, 2.05) is 89.8 Å². The fourth-order valence-corrected chi connectivity index (χ4v) is 3.93. The summed E-state index contributed by atoms with van der Waals surface area (Å²) in [5, 5.41) is 10.9. The molecule has 0 fully saturated rings. The molecule has 1 atom stereocenters. The molecular formula is C29H26F3NO3. The number of para-hydroxylation sites is 3. The third-order valence-corrected chi connectivity index (χ3v) is 5.43. The van der Waals surface area contributed by atoms with E-state index in [4.69, 9.17) is 4.74 Å². The molecule has 4 rings (SSSR count). The highest BCUT2D eigenvalue weighted by molar-refractivity contribution is 5.60. The van der Waals surface area contributed by atoms with Gasteiger partial charge in [0.25, 0.3) is 0 Å². The second kappa shape index (κ2) is 11.6. The SMILES string of the molecule is OC(Cc1ccccc1)CN(Cc1cccc(OC(F)(F)F)c1)c1ccccc1Oc1ccccc1. The predicted molar refractivity (Wildman–Crippen MR) is 133 cm³/mol. The van der Waals surface area contributed by atoms with Crippen molar-refractivity contribution in [3.63, 3.8) is 0 Å². The number of hydrogen-bond acceptors (Lipinski definition) is 4.